The molecule has 0 aliphatic heterocycles. The zero-order chi connectivity index (χ0) is 11.6. The summed E-state index contributed by atoms with van der Waals surface area (Å²) in [7, 11) is 0. The minimum absolute atomic E-state index is 0.102. The quantitative estimate of drug-likeness (QED) is 0.538. The molecule has 0 saturated carbocycles. The van der Waals surface area contributed by atoms with Gasteiger partial charge in [-0.15, -0.1) is 0 Å². The number of alkyl halides is 3. The van der Waals surface area contributed by atoms with Gasteiger partial charge in [-0.3, -0.25) is 0 Å². The van der Waals surface area contributed by atoms with Crippen molar-refractivity contribution in [3.05, 3.63) is 28.5 Å². The van der Waals surface area contributed by atoms with E-state index in [9.17, 15) is 17.6 Å². The molecule has 0 fully saturated rings. The maximum atomic E-state index is 13.0. The Hall–Kier alpha value is -0.620. The van der Waals surface area contributed by atoms with Gasteiger partial charge >= 0.3 is 6.18 Å². The predicted octanol–water partition coefficient (Wildman–Crippen LogP) is 4.42. The van der Waals surface area contributed by atoms with Crippen molar-refractivity contribution in [1.82, 2.24) is 0 Å². The first-order chi connectivity index (χ1) is 6.82. The maximum Gasteiger partial charge on any atom is 0.444 e. The van der Waals surface area contributed by atoms with Crippen LogP contribution in [0.15, 0.2) is 27.7 Å². The van der Waals surface area contributed by atoms with Crippen LogP contribution in [0, 0.1) is 5.82 Å². The Balaban J connectivity index is 3.19. The van der Waals surface area contributed by atoms with E-state index in [-0.39, 0.29) is 4.47 Å². The molecule has 1 rings (SSSR count). The number of halogens is 6. The smallest absolute Gasteiger partial charge is 0.228 e. The normalized spacial score (nSPS) is 13.1. The van der Waals surface area contributed by atoms with E-state index in [4.69, 9.17) is 11.6 Å². The summed E-state index contributed by atoms with van der Waals surface area (Å²) < 4.78 is 49.1. The van der Waals surface area contributed by atoms with Crippen molar-refractivity contribution in [3.63, 3.8) is 0 Å². The Morgan fingerprint density at radius 2 is 1.93 bits per heavy atom. The van der Waals surface area contributed by atoms with E-state index in [0.29, 0.717) is 0 Å². The van der Waals surface area contributed by atoms with Crippen molar-refractivity contribution in [3.8, 4) is 0 Å². The molecule has 0 saturated heterocycles. The molecule has 1 nitrogen and oxygen atoms in total. The topological polar surface area (TPSA) is 12.4 Å². The lowest BCUT2D eigenvalue weighted by molar-refractivity contribution is -0.0558. The molecular weight excluding hydrogens is 301 g/mol. The maximum absolute atomic E-state index is 13.0. The third-order valence-corrected chi connectivity index (χ3v) is 2.32. The highest BCUT2D eigenvalue weighted by Crippen LogP contribution is 2.31. The van der Waals surface area contributed by atoms with Crippen LogP contribution in [-0.4, -0.2) is 11.3 Å². The number of hydrogen-bond acceptors (Lipinski definition) is 1. The van der Waals surface area contributed by atoms with Gasteiger partial charge < -0.3 is 0 Å². The van der Waals surface area contributed by atoms with Gasteiger partial charge in [0.1, 0.15) is 11.5 Å². The van der Waals surface area contributed by atoms with E-state index in [1.165, 1.54) is 12.1 Å². The molecule has 0 atom stereocenters. The molecule has 0 unspecified atom stereocenters. The van der Waals surface area contributed by atoms with E-state index in [0.717, 1.165) is 6.07 Å². The molecular formula is C8H3BrClF4N. The second kappa shape index (κ2) is 4.49. The first-order valence-electron chi connectivity index (χ1n) is 3.58. The SMILES string of the molecule is Fc1cccc(Br)c1N=C(Cl)C(F)(F)F. The lowest BCUT2D eigenvalue weighted by Crippen LogP contribution is -2.16. The molecule has 0 aliphatic rings. The molecule has 0 aliphatic carbocycles. The molecule has 82 valence electrons. The second-order valence-electron chi connectivity index (χ2n) is 2.47. The summed E-state index contributed by atoms with van der Waals surface area (Å²) in [6.07, 6.45) is -4.77. The standard InChI is InChI=1S/C8H3BrClF4N/c9-4-2-1-3-5(11)6(4)15-7(10)8(12,13)14/h1-3H. The van der Waals surface area contributed by atoms with E-state index in [2.05, 4.69) is 20.9 Å². The van der Waals surface area contributed by atoms with Crippen molar-refractivity contribution >= 4 is 38.4 Å². The molecule has 0 radical (unpaired) electrons. The molecule has 1 aromatic rings. The van der Waals surface area contributed by atoms with Gasteiger partial charge in [-0.05, 0) is 28.1 Å². The van der Waals surface area contributed by atoms with E-state index in [1.807, 2.05) is 0 Å². The van der Waals surface area contributed by atoms with Gasteiger partial charge in [0, 0.05) is 4.47 Å². The van der Waals surface area contributed by atoms with Gasteiger partial charge in [0.25, 0.3) is 0 Å². The number of nitrogens with zero attached hydrogens (tertiary/aromatic N) is 1. The van der Waals surface area contributed by atoms with Gasteiger partial charge in [-0.1, -0.05) is 17.7 Å². The highest BCUT2D eigenvalue weighted by molar-refractivity contribution is 9.10. The Morgan fingerprint density at radius 1 is 1.33 bits per heavy atom. The van der Waals surface area contributed by atoms with Gasteiger partial charge in [-0.25, -0.2) is 9.38 Å². The molecule has 1 aromatic carbocycles. The molecule has 0 aromatic heterocycles. The van der Waals surface area contributed by atoms with Gasteiger partial charge in [0.2, 0.25) is 5.17 Å². The Labute approximate surface area is 95.9 Å². The summed E-state index contributed by atoms with van der Waals surface area (Å²) >= 11 is 7.74. The summed E-state index contributed by atoms with van der Waals surface area (Å²) in [6.45, 7) is 0. The molecule has 0 N–H and O–H groups in total. The van der Waals surface area contributed by atoms with Crippen LogP contribution >= 0.6 is 27.5 Å². The number of aliphatic imine (C=N–C) groups is 1. The Bertz CT molecular complexity index is 382. The minimum Gasteiger partial charge on any atom is -0.228 e. The Morgan fingerprint density at radius 3 is 2.40 bits per heavy atom. The van der Waals surface area contributed by atoms with Crippen LogP contribution in [0.4, 0.5) is 23.2 Å². The fourth-order valence-electron chi connectivity index (χ4n) is 0.757. The third-order valence-electron chi connectivity index (χ3n) is 1.38. The van der Waals surface area contributed by atoms with Crippen molar-refractivity contribution in [2.24, 2.45) is 4.99 Å². The fraction of sp³-hybridized carbons (Fsp3) is 0.125. The van der Waals surface area contributed by atoms with Crippen LogP contribution in [0.25, 0.3) is 0 Å². The van der Waals surface area contributed by atoms with Crippen molar-refractivity contribution < 1.29 is 17.6 Å². The number of benzene rings is 1. The van der Waals surface area contributed by atoms with Crippen LogP contribution in [0.5, 0.6) is 0 Å². The second-order valence-corrected chi connectivity index (χ2v) is 3.68. The first-order valence-corrected chi connectivity index (χ1v) is 4.75. The van der Waals surface area contributed by atoms with E-state index < -0.39 is 22.9 Å². The highest BCUT2D eigenvalue weighted by Gasteiger charge is 2.34. The number of hydrogen-bond donors (Lipinski definition) is 0. The molecule has 0 amide bonds. The molecule has 7 heteroatoms. The van der Waals surface area contributed by atoms with Crippen LogP contribution in [0.3, 0.4) is 0 Å². The first kappa shape index (κ1) is 12.4. The van der Waals surface area contributed by atoms with Gasteiger partial charge in [0.05, 0.1) is 0 Å². The lowest BCUT2D eigenvalue weighted by Gasteiger charge is -2.04. The van der Waals surface area contributed by atoms with E-state index in [1.54, 1.807) is 0 Å². The average molecular weight is 304 g/mol. The fourth-order valence-corrected chi connectivity index (χ4v) is 1.27. The number of para-hydroxylation sites is 1. The van der Waals surface area contributed by atoms with Crippen LogP contribution in [-0.2, 0) is 0 Å². The van der Waals surface area contributed by atoms with Gasteiger partial charge in [0.15, 0.2) is 0 Å². The minimum atomic E-state index is -4.77. The molecule has 0 heterocycles. The summed E-state index contributed by atoms with van der Waals surface area (Å²) in [4.78, 5) is 2.96. The van der Waals surface area contributed by atoms with Crippen molar-refractivity contribution in [1.29, 1.82) is 0 Å². The zero-order valence-corrected chi connectivity index (χ0v) is 9.29. The van der Waals surface area contributed by atoms with Crippen molar-refractivity contribution in [2.75, 3.05) is 0 Å². The van der Waals surface area contributed by atoms with Gasteiger partial charge in [-0.2, -0.15) is 13.2 Å². The molecule has 0 spiro atoms. The summed E-state index contributed by atoms with van der Waals surface area (Å²) in [5, 5.41) is -1.62. The number of rotatable bonds is 1. The average Bonchev–Trinajstić information content (AvgIpc) is 2.09. The largest absolute Gasteiger partial charge is 0.444 e. The zero-order valence-electron chi connectivity index (χ0n) is 6.95. The predicted molar refractivity (Wildman–Crippen MR) is 53.1 cm³/mol. The Kier molecular flexibility index (Phi) is 3.72. The summed E-state index contributed by atoms with van der Waals surface area (Å²) in [5.41, 5.74) is -0.472. The van der Waals surface area contributed by atoms with Crippen LogP contribution in [0.1, 0.15) is 0 Å². The monoisotopic (exact) mass is 303 g/mol. The van der Waals surface area contributed by atoms with Crippen molar-refractivity contribution in [2.45, 2.75) is 6.18 Å². The molecule has 0 bridgehead atoms. The van der Waals surface area contributed by atoms with Crippen LogP contribution < -0.4 is 0 Å². The molecule has 15 heavy (non-hydrogen) atoms. The van der Waals surface area contributed by atoms with E-state index >= 15 is 0 Å². The summed E-state index contributed by atoms with van der Waals surface area (Å²) in [5.74, 6) is -0.883. The summed E-state index contributed by atoms with van der Waals surface area (Å²) in [6, 6.07) is 3.69. The highest BCUT2D eigenvalue weighted by atomic mass is 79.9. The lowest BCUT2D eigenvalue weighted by atomic mass is 10.3. The third kappa shape index (κ3) is 3.17. The van der Waals surface area contributed by atoms with Crippen LogP contribution in [0.2, 0.25) is 0 Å².